The van der Waals surface area contributed by atoms with Crippen molar-refractivity contribution in [2.75, 3.05) is 19.7 Å². The van der Waals surface area contributed by atoms with E-state index in [0.717, 1.165) is 0 Å². The van der Waals surface area contributed by atoms with Gasteiger partial charge in [-0.3, -0.25) is 9.59 Å². The number of rotatable bonds is 9. The number of nitrogens with one attached hydrogen (secondary N) is 2. The predicted octanol–water partition coefficient (Wildman–Crippen LogP) is -2.52. The molecule has 0 spiro atoms. The monoisotopic (exact) mass is 362 g/mol. The molecule has 0 aromatic rings. The third-order valence-corrected chi connectivity index (χ3v) is 4.63. The molecule has 1 saturated carbocycles. The fourth-order valence-corrected chi connectivity index (χ4v) is 2.97. The molecule has 0 bridgehead atoms. The lowest BCUT2D eigenvalue weighted by molar-refractivity contribution is -0.132. The largest absolute Gasteiger partial charge is 0.394 e. The van der Waals surface area contributed by atoms with Crippen LogP contribution in [0.1, 0.15) is 32.6 Å². The van der Waals surface area contributed by atoms with Gasteiger partial charge in [-0.05, 0) is 32.6 Å². The minimum Gasteiger partial charge on any atom is -0.394 e. The van der Waals surface area contributed by atoms with Gasteiger partial charge in [-0.25, -0.2) is 0 Å². The molecule has 0 aromatic heterocycles. The standard InChI is InChI=1S/C16H30N2O7/c1-2-17-15(24)9-3-5-10(6-4-9)16(25)18-7-11(20)13(22)14(23)12(21)8-19/h9-14,19-23H,2-8H2,1H3,(H,17,24)(H,18,25)/t9-,10-,11?,12-,13-,14?/m1/s1. The fraction of sp³-hybridized carbons (Fsp3) is 0.875. The number of carbonyl (C=O) groups excluding carboxylic acids is 2. The van der Waals surface area contributed by atoms with Crippen molar-refractivity contribution < 1.29 is 35.1 Å². The second kappa shape index (κ2) is 10.7. The van der Waals surface area contributed by atoms with Crippen LogP contribution in [0.4, 0.5) is 0 Å². The average Bonchev–Trinajstić information content (AvgIpc) is 2.64. The minimum atomic E-state index is -1.72. The van der Waals surface area contributed by atoms with Gasteiger partial charge in [-0.15, -0.1) is 0 Å². The van der Waals surface area contributed by atoms with Crippen molar-refractivity contribution >= 4 is 11.8 Å². The summed E-state index contributed by atoms with van der Waals surface area (Å²) >= 11 is 0. The summed E-state index contributed by atoms with van der Waals surface area (Å²) in [7, 11) is 0. The molecule has 9 heteroatoms. The van der Waals surface area contributed by atoms with E-state index in [1.807, 2.05) is 6.92 Å². The molecule has 0 saturated heterocycles. The number of carbonyl (C=O) groups is 2. The molecule has 0 radical (unpaired) electrons. The van der Waals surface area contributed by atoms with E-state index in [4.69, 9.17) is 5.11 Å². The summed E-state index contributed by atoms with van der Waals surface area (Å²) in [4.78, 5) is 23.9. The lowest BCUT2D eigenvalue weighted by atomic mass is 9.81. The first-order valence-electron chi connectivity index (χ1n) is 8.70. The van der Waals surface area contributed by atoms with Crippen molar-refractivity contribution in [1.29, 1.82) is 0 Å². The molecular formula is C16H30N2O7. The van der Waals surface area contributed by atoms with Crippen LogP contribution in [0.25, 0.3) is 0 Å². The molecule has 4 atom stereocenters. The van der Waals surface area contributed by atoms with Gasteiger partial charge < -0.3 is 36.2 Å². The molecular weight excluding hydrogens is 332 g/mol. The van der Waals surface area contributed by atoms with Gasteiger partial charge >= 0.3 is 0 Å². The molecule has 2 unspecified atom stereocenters. The highest BCUT2D eigenvalue weighted by molar-refractivity contribution is 5.81. The van der Waals surface area contributed by atoms with Gasteiger partial charge in [0, 0.05) is 24.9 Å². The van der Waals surface area contributed by atoms with Crippen LogP contribution in [0.5, 0.6) is 0 Å². The van der Waals surface area contributed by atoms with E-state index in [9.17, 15) is 30.0 Å². The summed E-state index contributed by atoms with van der Waals surface area (Å²) in [6.45, 7) is 1.39. The topological polar surface area (TPSA) is 159 Å². The molecule has 0 heterocycles. The summed E-state index contributed by atoms with van der Waals surface area (Å²) in [5, 5.41) is 52.2. The SMILES string of the molecule is CCNC(=O)[C@H]1CC[C@H](C(=O)NCC(O)[C@@H](O)C(O)[C@H](O)CO)CC1. The normalized spacial score (nSPS) is 25.5. The first-order valence-corrected chi connectivity index (χ1v) is 8.70. The maximum atomic E-state index is 12.1. The zero-order valence-corrected chi connectivity index (χ0v) is 14.5. The van der Waals surface area contributed by atoms with Crippen molar-refractivity contribution in [2.24, 2.45) is 11.8 Å². The molecule has 1 rings (SSSR count). The first-order chi connectivity index (χ1) is 11.8. The van der Waals surface area contributed by atoms with Gasteiger partial charge in [0.1, 0.15) is 18.3 Å². The molecule has 1 fully saturated rings. The number of aliphatic hydroxyl groups is 5. The molecule has 7 N–H and O–H groups in total. The molecule has 9 nitrogen and oxygen atoms in total. The highest BCUT2D eigenvalue weighted by atomic mass is 16.4. The molecule has 1 aliphatic rings. The van der Waals surface area contributed by atoms with Crippen molar-refractivity contribution in [1.82, 2.24) is 10.6 Å². The Morgan fingerprint density at radius 3 is 1.76 bits per heavy atom. The molecule has 146 valence electrons. The van der Waals surface area contributed by atoms with Crippen LogP contribution in [-0.2, 0) is 9.59 Å². The Hall–Kier alpha value is -1.26. The van der Waals surface area contributed by atoms with Gasteiger partial charge in [0.05, 0.1) is 12.7 Å². The van der Waals surface area contributed by atoms with Crippen LogP contribution < -0.4 is 10.6 Å². The highest BCUT2D eigenvalue weighted by Crippen LogP contribution is 2.29. The highest BCUT2D eigenvalue weighted by Gasteiger charge is 2.32. The smallest absolute Gasteiger partial charge is 0.223 e. The van der Waals surface area contributed by atoms with Gasteiger partial charge in [-0.2, -0.15) is 0 Å². The van der Waals surface area contributed by atoms with E-state index in [-0.39, 0.29) is 30.2 Å². The first kappa shape index (κ1) is 21.8. The zero-order chi connectivity index (χ0) is 19.0. The number of amides is 2. The van der Waals surface area contributed by atoms with E-state index in [1.54, 1.807) is 0 Å². The summed E-state index contributed by atoms with van der Waals surface area (Å²) in [6.07, 6.45) is -4.10. The van der Waals surface area contributed by atoms with Gasteiger partial charge in [0.25, 0.3) is 0 Å². The van der Waals surface area contributed by atoms with E-state index in [2.05, 4.69) is 10.6 Å². The van der Waals surface area contributed by atoms with Crippen molar-refractivity contribution in [3.05, 3.63) is 0 Å². The van der Waals surface area contributed by atoms with E-state index in [1.165, 1.54) is 0 Å². The fourth-order valence-electron chi connectivity index (χ4n) is 2.97. The summed E-state index contributed by atoms with van der Waals surface area (Å²) < 4.78 is 0. The Labute approximate surface area is 147 Å². The lowest BCUT2D eigenvalue weighted by Crippen LogP contribution is -2.50. The second-order valence-electron chi connectivity index (χ2n) is 6.49. The van der Waals surface area contributed by atoms with Crippen molar-refractivity contribution in [3.63, 3.8) is 0 Å². The number of hydrogen-bond donors (Lipinski definition) is 7. The Bertz CT molecular complexity index is 427. The van der Waals surface area contributed by atoms with Crippen LogP contribution in [0.2, 0.25) is 0 Å². The molecule has 25 heavy (non-hydrogen) atoms. The summed E-state index contributed by atoms with van der Waals surface area (Å²) in [6, 6.07) is 0. The molecule has 1 aliphatic carbocycles. The quantitative estimate of drug-likeness (QED) is 0.238. The van der Waals surface area contributed by atoms with Crippen molar-refractivity contribution in [2.45, 2.75) is 57.0 Å². The Morgan fingerprint density at radius 2 is 1.32 bits per heavy atom. The maximum Gasteiger partial charge on any atom is 0.223 e. The van der Waals surface area contributed by atoms with Crippen molar-refractivity contribution in [3.8, 4) is 0 Å². The van der Waals surface area contributed by atoms with Gasteiger partial charge in [0.2, 0.25) is 11.8 Å². The zero-order valence-electron chi connectivity index (χ0n) is 14.5. The second-order valence-corrected chi connectivity index (χ2v) is 6.49. The molecule has 2 amide bonds. The third kappa shape index (κ3) is 6.52. The minimum absolute atomic E-state index is 0.0105. The van der Waals surface area contributed by atoms with Crippen LogP contribution in [-0.4, -0.2) is 81.5 Å². The van der Waals surface area contributed by atoms with E-state index < -0.39 is 31.0 Å². The number of hydrogen-bond acceptors (Lipinski definition) is 7. The average molecular weight is 362 g/mol. The van der Waals surface area contributed by atoms with Crippen LogP contribution >= 0.6 is 0 Å². The van der Waals surface area contributed by atoms with Crippen LogP contribution in [0.15, 0.2) is 0 Å². The van der Waals surface area contributed by atoms with Gasteiger partial charge in [-0.1, -0.05) is 0 Å². The molecule has 0 aliphatic heterocycles. The third-order valence-electron chi connectivity index (χ3n) is 4.63. The maximum absolute atomic E-state index is 12.1. The Kier molecular flexibility index (Phi) is 9.30. The Morgan fingerprint density at radius 1 is 0.880 bits per heavy atom. The molecule has 0 aromatic carbocycles. The van der Waals surface area contributed by atoms with E-state index >= 15 is 0 Å². The van der Waals surface area contributed by atoms with Crippen LogP contribution in [0, 0.1) is 11.8 Å². The predicted molar refractivity (Wildman–Crippen MR) is 88.3 cm³/mol. The Balaban J connectivity index is 2.36. The van der Waals surface area contributed by atoms with Gasteiger partial charge in [0.15, 0.2) is 0 Å². The van der Waals surface area contributed by atoms with Crippen LogP contribution in [0.3, 0.4) is 0 Å². The number of aliphatic hydroxyl groups excluding tert-OH is 5. The summed E-state index contributed by atoms with van der Waals surface area (Å²) in [5.41, 5.74) is 0. The lowest BCUT2D eigenvalue weighted by Gasteiger charge is -2.28. The van der Waals surface area contributed by atoms with E-state index in [0.29, 0.717) is 32.2 Å². The summed E-state index contributed by atoms with van der Waals surface area (Å²) in [5.74, 6) is -0.608.